The predicted octanol–water partition coefficient (Wildman–Crippen LogP) is 5.10. The molecule has 0 aromatic heterocycles. The fourth-order valence-electron chi connectivity index (χ4n) is 2.91. The molecule has 1 heterocycles. The molecular weight excluding hydrogens is 413 g/mol. The van der Waals surface area contributed by atoms with E-state index >= 15 is 0 Å². The van der Waals surface area contributed by atoms with E-state index in [1.54, 1.807) is 18.2 Å². The molecular formula is C22H21F3N2O2S. The van der Waals surface area contributed by atoms with Crippen molar-refractivity contribution < 1.29 is 22.8 Å². The smallest absolute Gasteiger partial charge is 0.352 e. The number of thioether (sulfide) groups is 1. The monoisotopic (exact) mass is 434 g/mol. The quantitative estimate of drug-likeness (QED) is 0.666. The minimum atomic E-state index is -4.42. The zero-order valence-corrected chi connectivity index (χ0v) is 17.3. The summed E-state index contributed by atoms with van der Waals surface area (Å²) in [6.45, 7) is 3.70. The standard InChI is InChI=1S/C22H21F3N2O2S/c1-3-14(2)26-20(28)13-27-17-6-4-5-7-18(17)30-19(21(27)29)12-15-8-10-16(11-9-15)22(23,24)25/h4-12,14H,3,13H2,1-2H3,(H,26,28). The molecule has 2 amide bonds. The average molecular weight is 434 g/mol. The Morgan fingerprint density at radius 3 is 2.47 bits per heavy atom. The van der Waals surface area contributed by atoms with Crippen LogP contribution < -0.4 is 10.2 Å². The zero-order chi connectivity index (χ0) is 21.9. The molecule has 0 spiro atoms. The van der Waals surface area contributed by atoms with Gasteiger partial charge in [-0.1, -0.05) is 43.0 Å². The molecule has 1 atom stereocenters. The molecule has 0 fully saturated rings. The van der Waals surface area contributed by atoms with Crippen molar-refractivity contribution in [3.63, 3.8) is 0 Å². The zero-order valence-electron chi connectivity index (χ0n) is 16.5. The van der Waals surface area contributed by atoms with Crippen LogP contribution in [0.4, 0.5) is 18.9 Å². The summed E-state index contributed by atoms with van der Waals surface area (Å²) >= 11 is 1.23. The van der Waals surface area contributed by atoms with Gasteiger partial charge in [-0.05, 0) is 49.2 Å². The molecule has 8 heteroatoms. The van der Waals surface area contributed by atoms with E-state index in [-0.39, 0.29) is 24.4 Å². The second-order valence-corrected chi connectivity index (χ2v) is 8.05. The van der Waals surface area contributed by atoms with Crippen LogP contribution in [0.15, 0.2) is 58.3 Å². The molecule has 0 saturated heterocycles. The number of hydrogen-bond donors (Lipinski definition) is 1. The molecule has 0 aliphatic carbocycles. The third kappa shape index (κ3) is 5.05. The van der Waals surface area contributed by atoms with Gasteiger partial charge in [-0.3, -0.25) is 14.5 Å². The van der Waals surface area contributed by atoms with Crippen molar-refractivity contribution in [3.8, 4) is 0 Å². The Morgan fingerprint density at radius 1 is 1.17 bits per heavy atom. The number of nitrogens with zero attached hydrogens (tertiary/aromatic N) is 1. The van der Waals surface area contributed by atoms with Crippen molar-refractivity contribution in [1.82, 2.24) is 5.32 Å². The average Bonchev–Trinajstić information content (AvgIpc) is 2.70. The number of nitrogens with one attached hydrogen (secondary N) is 1. The van der Waals surface area contributed by atoms with Crippen molar-refractivity contribution >= 4 is 35.3 Å². The van der Waals surface area contributed by atoms with Gasteiger partial charge in [0.25, 0.3) is 5.91 Å². The second kappa shape index (κ2) is 8.95. The number of carbonyl (C=O) groups excluding carboxylic acids is 2. The largest absolute Gasteiger partial charge is 0.416 e. The fraction of sp³-hybridized carbons (Fsp3) is 0.273. The highest BCUT2D eigenvalue weighted by atomic mass is 32.2. The van der Waals surface area contributed by atoms with Crippen molar-refractivity contribution in [2.24, 2.45) is 0 Å². The molecule has 0 radical (unpaired) electrons. The molecule has 1 N–H and O–H groups in total. The van der Waals surface area contributed by atoms with E-state index in [0.29, 0.717) is 16.2 Å². The second-order valence-electron chi connectivity index (χ2n) is 6.97. The van der Waals surface area contributed by atoms with Crippen LogP contribution in [-0.4, -0.2) is 24.4 Å². The molecule has 1 unspecified atom stereocenters. The Bertz CT molecular complexity index is 971. The third-order valence-electron chi connectivity index (χ3n) is 4.69. The summed E-state index contributed by atoms with van der Waals surface area (Å²) in [5.74, 6) is -0.633. The highest BCUT2D eigenvalue weighted by Gasteiger charge is 2.31. The minimum absolute atomic E-state index is 0.0100. The Balaban J connectivity index is 1.89. The first-order chi connectivity index (χ1) is 14.2. The minimum Gasteiger partial charge on any atom is -0.352 e. The number of benzene rings is 2. The van der Waals surface area contributed by atoms with E-state index in [0.717, 1.165) is 23.4 Å². The van der Waals surface area contributed by atoms with Gasteiger partial charge in [-0.25, -0.2) is 0 Å². The van der Waals surface area contributed by atoms with E-state index in [9.17, 15) is 22.8 Å². The molecule has 4 nitrogen and oxygen atoms in total. The Hall–Kier alpha value is -2.74. The summed E-state index contributed by atoms with van der Waals surface area (Å²) in [5.41, 5.74) is 0.361. The van der Waals surface area contributed by atoms with E-state index in [2.05, 4.69) is 5.32 Å². The highest BCUT2D eigenvalue weighted by Crippen LogP contribution is 2.42. The van der Waals surface area contributed by atoms with E-state index in [4.69, 9.17) is 0 Å². The van der Waals surface area contributed by atoms with Gasteiger partial charge < -0.3 is 5.32 Å². The van der Waals surface area contributed by atoms with Gasteiger partial charge in [0.05, 0.1) is 16.2 Å². The van der Waals surface area contributed by atoms with Crippen molar-refractivity contribution in [2.45, 2.75) is 37.4 Å². The molecule has 3 rings (SSSR count). The van der Waals surface area contributed by atoms with E-state index in [1.165, 1.54) is 28.8 Å². The van der Waals surface area contributed by atoms with Gasteiger partial charge in [0.1, 0.15) is 6.54 Å². The lowest BCUT2D eigenvalue weighted by Crippen LogP contribution is -2.44. The summed E-state index contributed by atoms with van der Waals surface area (Å²) in [6.07, 6.45) is -2.10. The first-order valence-electron chi connectivity index (χ1n) is 9.46. The van der Waals surface area contributed by atoms with Crippen molar-refractivity contribution in [2.75, 3.05) is 11.4 Å². The summed E-state index contributed by atoms with van der Waals surface area (Å²) < 4.78 is 38.3. The number of carbonyl (C=O) groups is 2. The predicted molar refractivity (Wildman–Crippen MR) is 112 cm³/mol. The number of hydrogen-bond acceptors (Lipinski definition) is 3. The summed E-state index contributed by atoms with van der Waals surface area (Å²) in [6, 6.07) is 11.8. The van der Waals surface area contributed by atoms with E-state index < -0.39 is 11.7 Å². The normalized spacial score (nSPS) is 16.4. The number of para-hydroxylation sites is 1. The molecule has 2 aromatic carbocycles. The van der Waals surface area contributed by atoms with Crippen LogP contribution >= 0.6 is 11.8 Å². The lowest BCUT2D eigenvalue weighted by Gasteiger charge is -2.30. The van der Waals surface area contributed by atoms with Crippen LogP contribution in [0.1, 0.15) is 31.4 Å². The van der Waals surface area contributed by atoms with Gasteiger partial charge in [-0.2, -0.15) is 13.2 Å². The molecule has 2 aromatic rings. The van der Waals surface area contributed by atoms with Crippen LogP contribution in [0.3, 0.4) is 0 Å². The maximum absolute atomic E-state index is 13.1. The first kappa shape index (κ1) is 22.0. The van der Waals surface area contributed by atoms with Crippen molar-refractivity contribution in [3.05, 3.63) is 64.6 Å². The van der Waals surface area contributed by atoms with Gasteiger partial charge in [0.2, 0.25) is 5.91 Å². The number of amides is 2. The van der Waals surface area contributed by atoms with Gasteiger partial charge >= 0.3 is 6.18 Å². The van der Waals surface area contributed by atoms with Crippen molar-refractivity contribution in [1.29, 1.82) is 0 Å². The highest BCUT2D eigenvalue weighted by molar-refractivity contribution is 8.04. The third-order valence-corrected chi connectivity index (χ3v) is 5.77. The maximum Gasteiger partial charge on any atom is 0.416 e. The molecule has 30 heavy (non-hydrogen) atoms. The van der Waals surface area contributed by atoms with Gasteiger partial charge in [0, 0.05) is 10.9 Å². The number of halogens is 3. The number of anilines is 1. The molecule has 1 aliphatic heterocycles. The lowest BCUT2D eigenvalue weighted by molar-refractivity contribution is -0.137. The Kier molecular flexibility index (Phi) is 6.55. The van der Waals surface area contributed by atoms with Crippen LogP contribution in [0.5, 0.6) is 0 Å². The Morgan fingerprint density at radius 2 is 1.83 bits per heavy atom. The molecule has 0 saturated carbocycles. The Labute approximate surface area is 177 Å². The van der Waals surface area contributed by atoms with Gasteiger partial charge in [-0.15, -0.1) is 0 Å². The summed E-state index contributed by atoms with van der Waals surface area (Å²) in [4.78, 5) is 28.0. The topological polar surface area (TPSA) is 49.4 Å². The lowest BCUT2D eigenvalue weighted by atomic mass is 10.1. The molecule has 0 bridgehead atoms. The van der Waals surface area contributed by atoms with Crippen LogP contribution in [-0.2, 0) is 15.8 Å². The van der Waals surface area contributed by atoms with Gasteiger partial charge in [0.15, 0.2) is 0 Å². The first-order valence-corrected chi connectivity index (χ1v) is 10.3. The summed E-state index contributed by atoms with van der Waals surface area (Å²) in [5, 5.41) is 2.85. The number of fused-ring (bicyclic) bond motifs is 1. The summed E-state index contributed by atoms with van der Waals surface area (Å²) in [7, 11) is 0. The van der Waals surface area contributed by atoms with Crippen LogP contribution in [0.25, 0.3) is 6.08 Å². The van der Waals surface area contributed by atoms with Crippen LogP contribution in [0, 0.1) is 0 Å². The number of rotatable bonds is 5. The maximum atomic E-state index is 13.1. The SMILES string of the molecule is CCC(C)NC(=O)CN1C(=O)C(=Cc2ccc(C(F)(F)F)cc2)Sc2ccccc21. The van der Waals surface area contributed by atoms with Crippen LogP contribution in [0.2, 0.25) is 0 Å². The fourth-order valence-corrected chi connectivity index (χ4v) is 3.96. The molecule has 158 valence electrons. The number of alkyl halides is 3. The molecule has 1 aliphatic rings. The van der Waals surface area contributed by atoms with E-state index in [1.807, 2.05) is 26.0 Å².